The van der Waals surface area contributed by atoms with Gasteiger partial charge in [-0.2, -0.15) is 5.10 Å². The lowest BCUT2D eigenvalue weighted by atomic mass is 10.3. The highest BCUT2D eigenvalue weighted by Crippen LogP contribution is 2.22. The van der Waals surface area contributed by atoms with Crippen molar-refractivity contribution < 1.29 is 4.74 Å². The first-order valence-electron chi connectivity index (χ1n) is 6.26. The normalized spacial score (nSPS) is 10.8. The average molecular weight is 240 g/mol. The van der Waals surface area contributed by atoms with Crippen molar-refractivity contribution in [3.63, 3.8) is 0 Å². The molecule has 0 unspecified atom stereocenters. The zero-order chi connectivity index (χ0) is 12.7. The van der Waals surface area contributed by atoms with E-state index in [1.165, 1.54) is 0 Å². The first-order chi connectivity index (χ1) is 8.20. The summed E-state index contributed by atoms with van der Waals surface area (Å²) in [5.41, 5.74) is 7.67. The fraction of sp³-hybridized carbons (Fsp3) is 0.750. The molecule has 0 spiro atoms. The Morgan fingerprint density at radius 1 is 1.41 bits per heavy atom. The number of nitrogens with one attached hydrogen (secondary N) is 1. The van der Waals surface area contributed by atoms with E-state index in [0.29, 0.717) is 0 Å². The van der Waals surface area contributed by atoms with Crippen LogP contribution < -0.4 is 11.1 Å². The van der Waals surface area contributed by atoms with Crippen LogP contribution in [-0.2, 0) is 11.3 Å². The van der Waals surface area contributed by atoms with Crippen molar-refractivity contribution in [2.24, 2.45) is 0 Å². The Hall–Kier alpha value is -1.23. The van der Waals surface area contributed by atoms with Crippen LogP contribution in [0, 0.1) is 6.92 Å². The Bertz CT molecular complexity index is 335. The van der Waals surface area contributed by atoms with Crippen LogP contribution in [-0.4, -0.2) is 30.0 Å². The molecule has 1 aromatic rings. The Balaban J connectivity index is 2.50. The quantitative estimate of drug-likeness (QED) is 0.682. The molecule has 0 aliphatic rings. The first-order valence-corrected chi connectivity index (χ1v) is 6.26. The lowest BCUT2D eigenvalue weighted by Crippen LogP contribution is -2.10. The highest BCUT2D eigenvalue weighted by molar-refractivity contribution is 5.64. The summed E-state index contributed by atoms with van der Waals surface area (Å²) in [7, 11) is 1.73. The van der Waals surface area contributed by atoms with Gasteiger partial charge in [-0.3, -0.25) is 0 Å². The van der Waals surface area contributed by atoms with Gasteiger partial charge in [-0.15, -0.1) is 0 Å². The smallest absolute Gasteiger partial charge is 0.148 e. The molecule has 0 aromatic carbocycles. The number of nitrogen functional groups attached to an aromatic ring is 1. The predicted octanol–water partition coefficient (Wildman–Crippen LogP) is 2.02. The van der Waals surface area contributed by atoms with E-state index < -0.39 is 0 Å². The Labute approximate surface area is 103 Å². The maximum absolute atomic E-state index is 6.00. The van der Waals surface area contributed by atoms with Crippen molar-refractivity contribution in [2.45, 2.75) is 39.7 Å². The number of hydrogen-bond acceptors (Lipinski definition) is 4. The van der Waals surface area contributed by atoms with Crippen molar-refractivity contribution in [2.75, 3.05) is 31.3 Å². The average Bonchev–Trinajstić information content (AvgIpc) is 2.57. The van der Waals surface area contributed by atoms with Crippen molar-refractivity contribution in [3.8, 4) is 0 Å². The molecule has 0 amide bonds. The molecule has 5 nitrogen and oxygen atoms in total. The topological polar surface area (TPSA) is 65.1 Å². The van der Waals surface area contributed by atoms with Crippen LogP contribution in [0.4, 0.5) is 11.5 Å². The Morgan fingerprint density at radius 3 is 2.82 bits per heavy atom. The molecule has 0 saturated heterocycles. The molecule has 1 rings (SSSR count). The molecule has 98 valence electrons. The molecule has 0 atom stereocenters. The zero-order valence-electron chi connectivity index (χ0n) is 11.1. The van der Waals surface area contributed by atoms with Gasteiger partial charge in [-0.05, 0) is 26.2 Å². The molecule has 0 radical (unpaired) electrons. The van der Waals surface area contributed by atoms with Crippen LogP contribution in [0.25, 0.3) is 0 Å². The molecule has 3 N–H and O–H groups in total. The summed E-state index contributed by atoms with van der Waals surface area (Å²) in [5.74, 6) is 0.960. The van der Waals surface area contributed by atoms with Gasteiger partial charge < -0.3 is 15.8 Å². The monoisotopic (exact) mass is 240 g/mol. The van der Waals surface area contributed by atoms with E-state index >= 15 is 0 Å². The van der Waals surface area contributed by atoms with E-state index in [-0.39, 0.29) is 0 Å². The number of anilines is 2. The van der Waals surface area contributed by atoms with Gasteiger partial charge >= 0.3 is 0 Å². The first kappa shape index (κ1) is 13.8. The third kappa shape index (κ3) is 3.93. The van der Waals surface area contributed by atoms with Gasteiger partial charge in [0.05, 0.1) is 11.4 Å². The lowest BCUT2D eigenvalue weighted by Gasteiger charge is -2.09. The van der Waals surface area contributed by atoms with Crippen molar-refractivity contribution in [1.82, 2.24) is 9.78 Å². The summed E-state index contributed by atoms with van der Waals surface area (Å²) < 4.78 is 6.97. The zero-order valence-corrected chi connectivity index (χ0v) is 11.1. The number of rotatable bonds is 8. The molecular weight excluding hydrogens is 216 g/mol. The number of aromatic nitrogens is 2. The number of nitrogens with zero attached hydrogens (tertiary/aromatic N) is 2. The number of methoxy groups -OCH3 is 1. The van der Waals surface area contributed by atoms with Gasteiger partial charge in [-0.25, -0.2) is 4.68 Å². The number of aryl methyl sites for hydroxylation is 2. The molecule has 0 fully saturated rings. The number of hydrogen-bond donors (Lipinski definition) is 2. The summed E-state index contributed by atoms with van der Waals surface area (Å²) in [4.78, 5) is 0. The maximum atomic E-state index is 6.00. The van der Waals surface area contributed by atoms with Crippen molar-refractivity contribution in [3.05, 3.63) is 5.69 Å². The standard InChI is InChI=1S/C12H24N4O/c1-4-8-16-12(11(13)10(2)15-16)14-7-5-6-9-17-3/h14H,4-9,13H2,1-3H3. The van der Waals surface area contributed by atoms with Crippen molar-refractivity contribution in [1.29, 1.82) is 0 Å². The van der Waals surface area contributed by atoms with E-state index in [1.807, 2.05) is 11.6 Å². The number of unbranched alkanes of at least 4 members (excludes halogenated alkanes) is 1. The third-order valence-corrected chi connectivity index (χ3v) is 2.68. The van der Waals surface area contributed by atoms with Crippen LogP contribution >= 0.6 is 0 Å². The predicted molar refractivity (Wildman–Crippen MR) is 71.3 cm³/mol. The van der Waals surface area contributed by atoms with Crippen LogP contribution in [0.15, 0.2) is 0 Å². The molecule has 0 aliphatic carbocycles. The molecule has 17 heavy (non-hydrogen) atoms. The fourth-order valence-corrected chi connectivity index (χ4v) is 1.73. The van der Waals surface area contributed by atoms with Crippen molar-refractivity contribution >= 4 is 11.5 Å². The number of ether oxygens (including phenoxy) is 1. The van der Waals surface area contributed by atoms with E-state index in [4.69, 9.17) is 10.5 Å². The van der Waals surface area contributed by atoms with Gasteiger partial charge in [0, 0.05) is 26.8 Å². The summed E-state index contributed by atoms with van der Waals surface area (Å²) in [6.07, 6.45) is 3.19. The van der Waals surface area contributed by atoms with Gasteiger partial charge in [0.2, 0.25) is 0 Å². The van der Waals surface area contributed by atoms with Crippen LogP contribution in [0.2, 0.25) is 0 Å². The molecule has 0 saturated carbocycles. The minimum Gasteiger partial charge on any atom is -0.394 e. The summed E-state index contributed by atoms with van der Waals surface area (Å²) in [6.45, 7) is 6.69. The van der Waals surface area contributed by atoms with Gasteiger partial charge in [0.1, 0.15) is 5.82 Å². The van der Waals surface area contributed by atoms with Crippen LogP contribution in [0.3, 0.4) is 0 Å². The molecule has 5 heteroatoms. The number of nitrogens with two attached hydrogens (primary N) is 1. The van der Waals surface area contributed by atoms with E-state index in [0.717, 1.165) is 56.2 Å². The third-order valence-electron chi connectivity index (χ3n) is 2.68. The maximum Gasteiger partial charge on any atom is 0.148 e. The molecule has 0 bridgehead atoms. The van der Waals surface area contributed by atoms with Gasteiger partial charge in [0.25, 0.3) is 0 Å². The Kier molecular flexibility index (Phi) is 5.83. The molecule has 0 aliphatic heterocycles. The minimum atomic E-state index is 0.769. The SMILES string of the molecule is CCCn1nc(C)c(N)c1NCCCCOC. The highest BCUT2D eigenvalue weighted by Gasteiger charge is 2.10. The largest absolute Gasteiger partial charge is 0.394 e. The van der Waals surface area contributed by atoms with Crippen LogP contribution in [0.1, 0.15) is 31.9 Å². The second-order valence-electron chi connectivity index (χ2n) is 4.20. The molecule has 1 aromatic heterocycles. The fourth-order valence-electron chi connectivity index (χ4n) is 1.73. The van der Waals surface area contributed by atoms with E-state index in [2.05, 4.69) is 17.3 Å². The molecular formula is C12H24N4O. The van der Waals surface area contributed by atoms with E-state index in [1.54, 1.807) is 7.11 Å². The second-order valence-corrected chi connectivity index (χ2v) is 4.20. The van der Waals surface area contributed by atoms with Crippen LogP contribution in [0.5, 0.6) is 0 Å². The molecule has 1 heterocycles. The summed E-state index contributed by atoms with van der Waals surface area (Å²) in [5, 5.41) is 7.79. The summed E-state index contributed by atoms with van der Waals surface area (Å²) >= 11 is 0. The van der Waals surface area contributed by atoms with Gasteiger partial charge in [-0.1, -0.05) is 6.92 Å². The summed E-state index contributed by atoms with van der Waals surface area (Å²) in [6, 6.07) is 0. The second kappa shape index (κ2) is 7.17. The lowest BCUT2D eigenvalue weighted by molar-refractivity contribution is 0.193. The Morgan fingerprint density at radius 2 is 2.18 bits per heavy atom. The highest BCUT2D eigenvalue weighted by atomic mass is 16.5. The van der Waals surface area contributed by atoms with E-state index in [9.17, 15) is 0 Å². The minimum absolute atomic E-state index is 0.769. The van der Waals surface area contributed by atoms with Gasteiger partial charge in [0.15, 0.2) is 0 Å².